The number of hydrogen-bond donors (Lipinski definition) is 2. The topological polar surface area (TPSA) is 103 Å². The second-order valence-corrected chi connectivity index (χ2v) is 8.66. The Morgan fingerprint density at radius 2 is 1.72 bits per heavy atom. The molecular formula is C24H29N3O5. The minimum Gasteiger partial charge on any atom is -0.445 e. The van der Waals surface area contributed by atoms with Gasteiger partial charge in [-0.15, -0.1) is 0 Å². The summed E-state index contributed by atoms with van der Waals surface area (Å²) in [6.45, 7) is 5.69. The molecule has 0 radical (unpaired) electrons. The van der Waals surface area contributed by atoms with Crippen LogP contribution in [0.2, 0.25) is 0 Å². The number of para-hydroxylation sites is 2. The maximum atomic E-state index is 13.1. The van der Waals surface area contributed by atoms with E-state index in [1.54, 1.807) is 29.2 Å². The number of amides is 2. The summed E-state index contributed by atoms with van der Waals surface area (Å²) in [6.07, 6.45) is -1.27. The molecular weight excluding hydrogens is 410 g/mol. The molecule has 170 valence electrons. The van der Waals surface area contributed by atoms with Crippen LogP contribution in [0, 0.1) is 0 Å². The van der Waals surface area contributed by atoms with Gasteiger partial charge in [0.15, 0.2) is 5.79 Å². The van der Waals surface area contributed by atoms with Crippen LogP contribution in [0.3, 0.4) is 0 Å². The van der Waals surface area contributed by atoms with Gasteiger partial charge in [0.2, 0.25) is 5.91 Å². The fourth-order valence-electron chi connectivity index (χ4n) is 4.42. The summed E-state index contributed by atoms with van der Waals surface area (Å²) in [4.78, 5) is 27.5. The Balaban J connectivity index is 1.50. The molecule has 8 heteroatoms. The Morgan fingerprint density at radius 1 is 1.06 bits per heavy atom. The van der Waals surface area contributed by atoms with Gasteiger partial charge >= 0.3 is 6.09 Å². The van der Waals surface area contributed by atoms with Crippen molar-refractivity contribution in [3.63, 3.8) is 0 Å². The van der Waals surface area contributed by atoms with Gasteiger partial charge < -0.3 is 25.3 Å². The van der Waals surface area contributed by atoms with Crippen molar-refractivity contribution in [2.24, 2.45) is 0 Å². The first-order chi connectivity index (χ1) is 15.2. The summed E-state index contributed by atoms with van der Waals surface area (Å²) in [6, 6.07) is 15.6. The van der Waals surface area contributed by atoms with Gasteiger partial charge in [-0.3, -0.25) is 9.69 Å². The zero-order valence-electron chi connectivity index (χ0n) is 18.5. The van der Waals surface area contributed by atoms with E-state index < -0.39 is 24.0 Å². The van der Waals surface area contributed by atoms with Crippen LogP contribution >= 0.6 is 0 Å². The first-order valence-electron chi connectivity index (χ1n) is 10.7. The van der Waals surface area contributed by atoms with E-state index in [-0.39, 0.29) is 31.1 Å². The van der Waals surface area contributed by atoms with E-state index in [0.29, 0.717) is 11.4 Å². The number of anilines is 2. The van der Waals surface area contributed by atoms with Gasteiger partial charge in [0, 0.05) is 0 Å². The molecule has 4 rings (SSSR count). The van der Waals surface area contributed by atoms with Gasteiger partial charge in [0.1, 0.15) is 18.8 Å². The quantitative estimate of drug-likeness (QED) is 0.691. The number of nitrogen functional groups attached to an aromatic ring is 1. The summed E-state index contributed by atoms with van der Waals surface area (Å²) in [7, 11) is 0. The highest BCUT2D eigenvalue weighted by Gasteiger charge is 2.58. The number of carbonyl (C=O) groups excluding carboxylic acids is 2. The van der Waals surface area contributed by atoms with Gasteiger partial charge in [-0.1, -0.05) is 42.5 Å². The lowest BCUT2D eigenvalue weighted by Crippen LogP contribution is -2.46. The molecule has 0 saturated carbocycles. The van der Waals surface area contributed by atoms with Crippen molar-refractivity contribution in [2.45, 2.75) is 63.9 Å². The van der Waals surface area contributed by atoms with Gasteiger partial charge in [-0.05, 0) is 38.5 Å². The van der Waals surface area contributed by atoms with Crippen molar-refractivity contribution in [1.29, 1.82) is 0 Å². The van der Waals surface area contributed by atoms with E-state index in [4.69, 9.17) is 19.9 Å². The fourth-order valence-corrected chi connectivity index (χ4v) is 4.42. The van der Waals surface area contributed by atoms with E-state index in [1.165, 1.54) is 0 Å². The summed E-state index contributed by atoms with van der Waals surface area (Å²) >= 11 is 0. The average Bonchev–Trinajstić information content (AvgIpc) is 3.20. The summed E-state index contributed by atoms with van der Waals surface area (Å²) in [5.41, 5.74) is 7.83. The van der Waals surface area contributed by atoms with Gasteiger partial charge in [0.25, 0.3) is 0 Å². The third-order valence-electron chi connectivity index (χ3n) is 5.86. The lowest BCUT2D eigenvalue weighted by molar-refractivity contribution is -0.166. The predicted octanol–water partition coefficient (Wildman–Crippen LogP) is 3.53. The van der Waals surface area contributed by atoms with Gasteiger partial charge in [-0.25, -0.2) is 4.79 Å². The van der Waals surface area contributed by atoms with Crippen molar-refractivity contribution in [3.8, 4) is 0 Å². The second-order valence-electron chi connectivity index (χ2n) is 8.66. The summed E-state index contributed by atoms with van der Waals surface area (Å²) in [5.74, 6) is -1.06. The Morgan fingerprint density at radius 3 is 2.44 bits per heavy atom. The number of likely N-dealkylation sites (tertiary alicyclic amines) is 1. The van der Waals surface area contributed by atoms with Crippen molar-refractivity contribution in [2.75, 3.05) is 11.1 Å². The molecule has 3 N–H and O–H groups in total. The zero-order chi connectivity index (χ0) is 22.9. The van der Waals surface area contributed by atoms with E-state index in [0.717, 1.165) is 5.56 Å². The van der Waals surface area contributed by atoms with E-state index >= 15 is 0 Å². The van der Waals surface area contributed by atoms with Gasteiger partial charge in [0.05, 0.1) is 29.9 Å². The van der Waals surface area contributed by atoms with Crippen LogP contribution in [-0.2, 0) is 25.6 Å². The normalized spacial score (nSPS) is 25.9. The predicted molar refractivity (Wildman–Crippen MR) is 120 cm³/mol. The molecule has 2 aliphatic heterocycles. The molecule has 8 nitrogen and oxygen atoms in total. The number of benzene rings is 2. The molecule has 2 aromatic carbocycles. The second kappa shape index (κ2) is 8.80. The molecule has 2 aromatic rings. The Bertz CT molecular complexity index is 981. The van der Waals surface area contributed by atoms with Crippen molar-refractivity contribution < 1.29 is 23.8 Å². The van der Waals surface area contributed by atoms with Crippen molar-refractivity contribution in [1.82, 2.24) is 4.90 Å². The number of hydrogen-bond acceptors (Lipinski definition) is 6. The molecule has 2 fully saturated rings. The molecule has 0 bridgehead atoms. The maximum absolute atomic E-state index is 13.1. The lowest BCUT2D eigenvalue weighted by Gasteiger charge is -2.32. The van der Waals surface area contributed by atoms with Crippen molar-refractivity contribution >= 4 is 23.4 Å². The van der Waals surface area contributed by atoms with Crippen LogP contribution in [0.5, 0.6) is 0 Å². The lowest BCUT2D eigenvalue weighted by atomic mass is 10.1. The van der Waals surface area contributed by atoms with Crippen LogP contribution in [0.15, 0.2) is 54.6 Å². The SMILES string of the molecule is C[C@@H]1[C@H]2OC(C)(C)O[C@H]2[C@@H](CC(=O)Nc2ccccc2N)N1C(=O)OCc1ccccc1. The highest BCUT2D eigenvalue weighted by molar-refractivity contribution is 5.94. The number of carbonyl (C=O) groups is 2. The highest BCUT2D eigenvalue weighted by atomic mass is 16.8. The number of ether oxygens (including phenoxy) is 3. The standard InChI is InChI=1S/C24H29N3O5/c1-15-21-22(32-24(2,3)31-21)19(13-20(28)26-18-12-8-7-11-17(18)25)27(15)23(29)30-14-16-9-5-4-6-10-16/h4-12,15,19,21-22H,13-14,25H2,1-3H3,(H,26,28)/t15-,19-,21-,22+/m1/s1. The number of nitrogens with zero attached hydrogens (tertiary/aromatic N) is 1. The fraction of sp³-hybridized carbons (Fsp3) is 0.417. The third-order valence-corrected chi connectivity index (χ3v) is 5.86. The maximum Gasteiger partial charge on any atom is 0.410 e. The molecule has 0 aliphatic carbocycles. The number of rotatable bonds is 5. The molecule has 0 spiro atoms. The van der Waals surface area contributed by atoms with Crippen LogP contribution in [0.1, 0.15) is 32.8 Å². The smallest absolute Gasteiger partial charge is 0.410 e. The first kappa shape index (κ1) is 22.1. The molecule has 2 heterocycles. The van der Waals surface area contributed by atoms with E-state index in [1.807, 2.05) is 51.1 Å². The third kappa shape index (κ3) is 4.56. The molecule has 2 amide bonds. The summed E-state index contributed by atoms with van der Waals surface area (Å²) < 4.78 is 17.7. The zero-order valence-corrected chi connectivity index (χ0v) is 18.5. The van der Waals surface area contributed by atoms with Crippen LogP contribution in [0.4, 0.5) is 16.2 Å². The van der Waals surface area contributed by atoms with Crippen molar-refractivity contribution in [3.05, 3.63) is 60.2 Å². The van der Waals surface area contributed by atoms with Crippen LogP contribution in [0.25, 0.3) is 0 Å². The number of fused-ring (bicyclic) bond motifs is 1. The minimum absolute atomic E-state index is 0.0275. The summed E-state index contributed by atoms with van der Waals surface area (Å²) in [5, 5.41) is 2.83. The highest BCUT2D eigenvalue weighted by Crippen LogP contribution is 2.41. The first-order valence-corrected chi connectivity index (χ1v) is 10.7. The molecule has 32 heavy (non-hydrogen) atoms. The molecule has 0 aromatic heterocycles. The molecule has 2 aliphatic rings. The minimum atomic E-state index is -0.789. The Kier molecular flexibility index (Phi) is 6.08. The monoisotopic (exact) mass is 439 g/mol. The molecule has 0 unspecified atom stereocenters. The van der Waals surface area contributed by atoms with Gasteiger partial charge in [-0.2, -0.15) is 0 Å². The Labute approximate surface area is 187 Å². The largest absolute Gasteiger partial charge is 0.445 e. The van der Waals surface area contributed by atoms with Crippen LogP contribution in [-0.4, -0.2) is 47.0 Å². The molecule has 4 atom stereocenters. The Hall–Kier alpha value is -3.10. The number of nitrogens with two attached hydrogens (primary N) is 1. The van der Waals surface area contributed by atoms with Crippen LogP contribution < -0.4 is 11.1 Å². The van der Waals surface area contributed by atoms with E-state index in [2.05, 4.69) is 5.32 Å². The number of nitrogens with one attached hydrogen (secondary N) is 1. The molecule has 2 saturated heterocycles. The van der Waals surface area contributed by atoms with E-state index in [9.17, 15) is 9.59 Å². The average molecular weight is 440 g/mol.